The Morgan fingerprint density at radius 2 is 2.22 bits per heavy atom. The number of carboxylic acid groups (broad SMARTS) is 1. The number of rotatable bonds is 2. The van der Waals surface area contributed by atoms with Crippen LogP contribution in [0.4, 0.5) is 0 Å². The lowest BCUT2D eigenvalue weighted by molar-refractivity contribution is -0.142. The van der Waals surface area contributed by atoms with Crippen LogP contribution < -0.4 is 0 Å². The molecule has 0 saturated carbocycles. The maximum absolute atomic E-state index is 12.2. The Hall–Kier alpha value is -2.11. The van der Waals surface area contributed by atoms with Crippen LogP contribution in [0, 0.1) is 5.92 Å². The zero-order valence-electron chi connectivity index (χ0n) is 9.91. The molecule has 18 heavy (non-hydrogen) atoms. The summed E-state index contributed by atoms with van der Waals surface area (Å²) in [6.07, 6.45) is 1.85. The highest BCUT2D eigenvalue weighted by molar-refractivity contribution is 5.95. The topological polar surface area (TPSA) is 90.7 Å². The normalized spacial score (nSPS) is 23.1. The van der Waals surface area contributed by atoms with Gasteiger partial charge in [0.15, 0.2) is 5.69 Å². The number of amides is 1. The first kappa shape index (κ1) is 12.3. The minimum Gasteiger partial charge on any atom is -0.505 e. The molecule has 1 aliphatic heterocycles. The molecule has 0 bridgehead atoms. The van der Waals surface area contributed by atoms with Crippen molar-refractivity contribution in [2.24, 2.45) is 5.92 Å². The van der Waals surface area contributed by atoms with Crippen LogP contribution in [-0.4, -0.2) is 44.6 Å². The van der Waals surface area contributed by atoms with Crippen LogP contribution in [0.3, 0.4) is 0 Å². The van der Waals surface area contributed by atoms with E-state index >= 15 is 0 Å². The number of aliphatic carboxylic acids is 1. The second-order valence-electron chi connectivity index (χ2n) is 4.34. The molecule has 1 amide bonds. The van der Waals surface area contributed by atoms with Crippen molar-refractivity contribution in [3.8, 4) is 5.75 Å². The van der Waals surface area contributed by atoms with Gasteiger partial charge in [-0.3, -0.25) is 9.59 Å². The van der Waals surface area contributed by atoms with Crippen molar-refractivity contribution in [3.63, 3.8) is 0 Å². The smallest absolute Gasteiger partial charge is 0.308 e. The molecule has 1 aliphatic rings. The largest absolute Gasteiger partial charge is 0.505 e. The molecule has 2 heterocycles. The van der Waals surface area contributed by atoms with Gasteiger partial charge < -0.3 is 15.1 Å². The highest BCUT2D eigenvalue weighted by Gasteiger charge is 2.39. The molecule has 2 unspecified atom stereocenters. The summed E-state index contributed by atoms with van der Waals surface area (Å²) in [4.78, 5) is 28.4. The minimum absolute atomic E-state index is 0.0320. The third-order valence-electron chi connectivity index (χ3n) is 3.32. The molecule has 0 radical (unpaired) electrons. The summed E-state index contributed by atoms with van der Waals surface area (Å²) in [7, 11) is 0. The second kappa shape index (κ2) is 4.64. The standard InChI is InChI=1S/C12H14N2O4/c1-7-8(12(17)18)4-6-14(7)11(16)10-9(15)3-2-5-13-10/h2-3,5,7-8,15H,4,6H2,1H3,(H,17,18). The van der Waals surface area contributed by atoms with Crippen molar-refractivity contribution in [2.75, 3.05) is 6.54 Å². The van der Waals surface area contributed by atoms with Gasteiger partial charge in [0.05, 0.1) is 5.92 Å². The Morgan fingerprint density at radius 3 is 2.78 bits per heavy atom. The zero-order chi connectivity index (χ0) is 13.3. The van der Waals surface area contributed by atoms with Gasteiger partial charge in [-0.2, -0.15) is 0 Å². The number of nitrogens with zero attached hydrogens (tertiary/aromatic N) is 2. The predicted octanol–water partition coefficient (Wildman–Crippen LogP) is 0.722. The highest BCUT2D eigenvalue weighted by Crippen LogP contribution is 2.27. The van der Waals surface area contributed by atoms with Gasteiger partial charge in [0.1, 0.15) is 5.75 Å². The number of hydrogen-bond donors (Lipinski definition) is 2. The average Bonchev–Trinajstić information content (AvgIpc) is 2.71. The number of carbonyl (C=O) groups is 2. The lowest BCUT2D eigenvalue weighted by atomic mass is 10.0. The molecule has 2 N–H and O–H groups in total. The molecule has 6 heteroatoms. The Labute approximate surface area is 104 Å². The SMILES string of the molecule is CC1C(C(=O)O)CCN1C(=O)c1ncccc1O. The van der Waals surface area contributed by atoms with Crippen molar-refractivity contribution in [1.29, 1.82) is 0 Å². The van der Waals surface area contributed by atoms with E-state index in [1.807, 2.05) is 0 Å². The number of carboxylic acids is 1. The minimum atomic E-state index is -0.900. The van der Waals surface area contributed by atoms with E-state index in [2.05, 4.69) is 4.98 Å². The summed E-state index contributed by atoms with van der Waals surface area (Å²) >= 11 is 0. The Balaban J connectivity index is 2.21. The Kier molecular flexibility index (Phi) is 3.18. The third-order valence-corrected chi connectivity index (χ3v) is 3.32. The summed E-state index contributed by atoms with van der Waals surface area (Å²) in [5, 5.41) is 18.6. The van der Waals surface area contributed by atoms with E-state index in [1.54, 1.807) is 6.92 Å². The van der Waals surface area contributed by atoms with Crippen molar-refractivity contribution in [2.45, 2.75) is 19.4 Å². The molecular formula is C12H14N2O4. The molecule has 0 aromatic carbocycles. The molecule has 1 fully saturated rings. The number of aromatic hydroxyl groups is 1. The molecule has 0 aliphatic carbocycles. The monoisotopic (exact) mass is 250 g/mol. The molecule has 1 saturated heterocycles. The lowest BCUT2D eigenvalue weighted by Crippen LogP contribution is -2.38. The molecule has 0 spiro atoms. The molecule has 96 valence electrons. The summed E-state index contributed by atoms with van der Waals surface area (Å²) in [5.41, 5.74) is -0.0320. The van der Waals surface area contributed by atoms with E-state index < -0.39 is 23.8 Å². The lowest BCUT2D eigenvalue weighted by Gasteiger charge is -2.23. The first-order valence-corrected chi connectivity index (χ1v) is 5.70. The fourth-order valence-corrected chi connectivity index (χ4v) is 2.25. The van der Waals surface area contributed by atoms with Gasteiger partial charge in [-0.15, -0.1) is 0 Å². The van der Waals surface area contributed by atoms with Gasteiger partial charge in [-0.05, 0) is 25.5 Å². The number of likely N-dealkylation sites (tertiary alicyclic amines) is 1. The van der Waals surface area contributed by atoms with Crippen molar-refractivity contribution >= 4 is 11.9 Å². The van der Waals surface area contributed by atoms with E-state index in [4.69, 9.17) is 5.11 Å². The van der Waals surface area contributed by atoms with Gasteiger partial charge >= 0.3 is 5.97 Å². The van der Waals surface area contributed by atoms with E-state index in [9.17, 15) is 14.7 Å². The van der Waals surface area contributed by atoms with E-state index in [1.165, 1.54) is 23.2 Å². The number of carbonyl (C=O) groups excluding carboxylic acids is 1. The quantitative estimate of drug-likeness (QED) is 0.807. The number of hydrogen-bond acceptors (Lipinski definition) is 4. The Bertz CT molecular complexity index is 489. The summed E-state index contributed by atoms with van der Waals surface area (Å²) in [6, 6.07) is 2.52. The summed E-state index contributed by atoms with van der Waals surface area (Å²) in [5.74, 6) is -2.07. The highest BCUT2D eigenvalue weighted by atomic mass is 16.4. The maximum atomic E-state index is 12.2. The van der Waals surface area contributed by atoms with E-state index in [-0.39, 0.29) is 11.4 Å². The summed E-state index contributed by atoms with van der Waals surface area (Å²) in [6.45, 7) is 2.07. The third kappa shape index (κ3) is 2.01. The van der Waals surface area contributed by atoms with Gasteiger partial charge in [0.2, 0.25) is 0 Å². The van der Waals surface area contributed by atoms with Crippen LogP contribution in [0.1, 0.15) is 23.8 Å². The van der Waals surface area contributed by atoms with Crippen LogP contribution in [-0.2, 0) is 4.79 Å². The summed E-state index contributed by atoms with van der Waals surface area (Å²) < 4.78 is 0. The van der Waals surface area contributed by atoms with Crippen LogP contribution in [0.2, 0.25) is 0 Å². The average molecular weight is 250 g/mol. The molecule has 1 aromatic rings. The number of pyridine rings is 1. The van der Waals surface area contributed by atoms with Crippen molar-refractivity contribution in [1.82, 2.24) is 9.88 Å². The van der Waals surface area contributed by atoms with Crippen LogP contribution in [0.15, 0.2) is 18.3 Å². The van der Waals surface area contributed by atoms with Crippen LogP contribution in [0.5, 0.6) is 5.75 Å². The van der Waals surface area contributed by atoms with Gasteiger partial charge in [-0.1, -0.05) is 0 Å². The van der Waals surface area contributed by atoms with Gasteiger partial charge in [0.25, 0.3) is 5.91 Å². The molecule has 1 aromatic heterocycles. The fourth-order valence-electron chi connectivity index (χ4n) is 2.25. The van der Waals surface area contributed by atoms with Crippen LogP contribution in [0.25, 0.3) is 0 Å². The molecule has 2 atom stereocenters. The fraction of sp³-hybridized carbons (Fsp3) is 0.417. The first-order valence-electron chi connectivity index (χ1n) is 5.70. The second-order valence-corrected chi connectivity index (χ2v) is 4.34. The van der Waals surface area contributed by atoms with E-state index in [0.29, 0.717) is 13.0 Å². The molecule has 2 rings (SSSR count). The maximum Gasteiger partial charge on any atom is 0.308 e. The first-order chi connectivity index (χ1) is 8.52. The van der Waals surface area contributed by atoms with E-state index in [0.717, 1.165) is 0 Å². The van der Waals surface area contributed by atoms with Gasteiger partial charge in [0, 0.05) is 18.8 Å². The predicted molar refractivity (Wildman–Crippen MR) is 62.1 cm³/mol. The molecular weight excluding hydrogens is 236 g/mol. The van der Waals surface area contributed by atoms with Gasteiger partial charge in [-0.25, -0.2) is 4.98 Å². The zero-order valence-corrected chi connectivity index (χ0v) is 9.91. The number of aromatic nitrogens is 1. The Morgan fingerprint density at radius 1 is 1.50 bits per heavy atom. The van der Waals surface area contributed by atoms with Crippen molar-refractivity contribution in [3.05, 3.63) is 24.0 Å². The van der Waals surface area contributed by atoms with Crippen molar-refractivity contribution < 1.29 is 19.8 Å². The van der Waals surface area contributed by atoms with Crippen LogP contribution >= 0.6 is 0 Å². The molecule has 6 nitrogen and oxygen atoms in total.